The summed E-state index contributed by atoms with van der Waals surface area (Å²) < 4.78 is 0. The van der Waals surface area contributed by atoms with Crippen LogP contribution in [0.15, 0.2) is 48.5 Å². The molecule has 0 aliphatic heterocycles. The van der Waals surface area contributed by atoms with E-state index < -0.39 is 0 Å². The average Bonchev–Trinajstić information content (AvgIpc) is 2.47. The summed E-state index contributed by atoms with van der Waals surface area (Å²) in [6.45, 7) is 6.54. The second kappa shape index (κ2) is 6.92. The summed E-state index contributed by atoms with van der Waals surface area (Å²) in [4.78, 5) is 0. The second-order valence-electron chi connectivity index (χ2n) is 5.26. The van der Waals surface area contributed by atoms with Gasteiger partial charge in [-0.1, -0.05) is 54.9 Å². The van der Waals surface area contributed by atoms with Crippen LogP contribution in [-0.2, 0) is 6.42 Å². The molecule has 0 saturated heterocycles. The molecule has 1 nitrogen and oxygen atoms in total. The zero-order valence-electron chi connectivity index (χ0n) is 12.4. The average molecular weight is 288 g/mol. The molecule has 0 saturated carbocycles. The summed E-state index contributed by atoms with van der Waals surface area (Å²) in [6, 6.07) is 17.4. The zero-order valence-corrected chi connectivity index (χ0v) is 13.1. The highest BCUT2D eigenvalue weighted by molar-refractivity contribution is 6.30. The van der Waals surface area contributed by atoms with Gasteiger partial charge in [-0.15, -0.1) is 0 Å². The maximum Gasteiger partial charge on any atom is 0.0409 e. The predicted molar refractivity (Wildman–Crippen MR) is 87.2 cm³/mol. The van der Waals surface area contributed by atoms with Crippen molar-refractivity contribution in [2.75, 3.05) is 0 Å². The number of rotatable bonds is 5. The van der Waals surface area contributed by atoms with Gasteiger partial charge < -0.3 is 5.32 Å². The van der Waals surface area contributed by atoms with Crippen LogP contribution in [0.25, 0.3) is 0 Å². The van der Waals surface area contributed by atoms with E-state index in [1.54, 1.807) is 0 Å². The largest absolute Gasteiger partial charge is 0.304 e. The molecular formula is C18H22ClN. The highest BCUT2D eigenvalue weighted by Crippen LogP contribution is 2.22. The van der Waals surface area contributed by atoms with Gasteiger partial charge in [0.2, 0.25) is 0 Å². The summed E-state index contributed by atoms with van der Waals surface area (Å²) in [6.07, 6.45) is 1.08. The molecule has 0 amide bonds. The van der Waals surface area contributed by atoms with Crippen molar-refractivity contribution in [3.05, 3.63) is 70.2 Å². The van der Waals surface area contributed by atoms with Gasteiger partial charge >= 0.3 is 0 Å². The number of hydrogen-bond acceptors (Lipinski definition) is 1. The van der Waals surface area contributed by atoms with E-state index in [0.29, 0.717) is 6.04 Å². The summed E-state index contributed by atoms with van der Waals surface area (Å²) in [7, 11) is 0. The molecule has 0 bridgehead atoms. The lowest BCUT2D eigenvalue weighted by Crippen LogP contribution is -2.22. The van der Waals surface area contributed by atoms with Crippen molar-refractivity contribution in [1.29, 1.82) is 0 Å². The van der Waals surface area contributed by atoms with Crippen LogP contribution in [0.2, 0.25) is 5.02 Å². The van der Waals surface area contributed by atoms with Crippen molar-refractivity contribution < 1.29 is 0 Å². The monoisotopic (exact) mass is 287 g/mol. The molecule has 20 heavy (non-hydrogen) atoms. The molecule has 2 rings (SSSR count). The maximum absolute atomic E-state index is 6.05. The first-order chi connectivity index (χ1) is 9.60. The Bertz CT molecular complexity index is 548. The second-order valence-corrected chi connectivity index (χ2v) is 5.70. The molecule has 0 aliphatic rings. The van der Waals surface area contributed by atoms with Crippen LogP contribution in [-0.4, -0.2) is 0 Å². The van der Waals surface area contributed by atoms with Crippen LogP contribution < -0.4 is 5.32 Å². The fraction of sp³-hybridized carbons (Fsp3) is 0.333. The fourth-order valence-corrected chi connectivity index (χ4v) is 2.58. The molecular weight excluding hydrogens is 266 g/mol. The van der Waals surface area contributed by atoms with E-state index in [4.69, 9.17) is 11.6 Å². The lowest BCUT2D eigenvalue weighted by atomic mass is 10.0. The third-order valence-corrected chi connectivity index (χ3v) is 3.97. The normalized spacial score (nSPS) is 14.0. The van der Waals surface area contributed by atoms with Crippen molar-refractivity contribution in [2.45, 2.75) is 39.3 Å². The van der Waals surface area contributed by atoms with Crippen molar-refractivity contribution in [1.82, 2.24) is 5.32 Å². The van der Waals surface area contributed by atoms with Crippen LogP contribution in [0.5, 0.6) is 0 Å². The smallest absolute Gasteiger partial charge is 0.0409 e. The Labute approximate surface area is 127 Å². The molecule has 2 aromatic rings. The molecule has 2 atom stereocenters. The first kappa shape index (κ1) is 15.1. The van der Waals surface area contributed by atoms with Crippen molar-refractivity contribution in [3.63, 3.8) is 0 Å². The summed E-state index contributed by atoms with van der Waals surface area (Å²) in [5.74, 6) is 0. The van der Waals surface area contributed by atoms with Gasteiger partial charge in [-0.3, -0.25) is 0 Å². The molecule has 1 unspecified atom stereocenters. The van der Waals surface area contributed by atoms with Crippen LogP contribution in [0.3, 0.4) is 0 Å². The van der Waals surface area contributed by atoms with Gasteiger partial charge in [0.1, 0.15) is 0 Å². The number of aryl methyl sites for hydroxylation is 1. The van der Waals surface area contributed by atoms with Gasteiger partial charge in [0, 0.05) is 17.1 Å². The van der Waals surface area contributed by atoms with Crippen molar-refractivity contribution in [2.24, 2.45) is 0 Å². The third-order valence-electron chi connectivity index (χ3n) is 3.74. The summed E-state index contributed by atoms with van der Waals surface area (Å²) in [5, 5.41) is 4.41. The number of halogens is 1. The van der Waals surface area contributed by atoms with Gasteiger partial charge in [-0.25, -0.2) is 0 Å². The van der Waals surface area contributed by atoms with Gasteiger partial charge in [0.25, 0.3) is 0 Å². The van der Waals surface area contributed by atoms with E-state index in [0.717, 1.165) is 11.4 Å². The van der Waals surface area contributed by atoms with Crippen molar-refractivity contribution >= 4 is 11.6 Å². The Morgan fingerprint density at radius 2 is 1.60 bits per heavy atom. The minimum absolute atomic E-state index is 0.273. The van der Waals surface area contributed by atoms with Crippen molar-refractivity contribution in [3.8, 4) is 0 Å². The zero-order chi connectivity index (χ0) is 14.5. The molecule has 0 aromatic heterocycles. The topological polar surface area (TPSA) is 12.0 Å². The van der Waals surface area contributed by atoms with Gasteiger partial charge in [-0.05, 0) is 49.1 Å². The molecule has 0 heterocycles. The van der Waals surface area contributed by atoms with Crippen LogP contribution >= 0.6 is 11.6 Å². The highest BCUT2D eigenvalue weighted by atomic mass is 35.5. The molecule has 1 N–H and O–H groups in total. The lowest BCUT2D eigenvalue weighted by Gasteiger charge is -2.21. The first-order valence-corrected chi connectivity index (χ1v) is 7.58. The fourth-order valence-electron chi connectivity index (χ4n) is 2.39. The van der Waals surface area contributed by atoms with E-state index in [1.807, 2.05) is 18.2 Å². The molecule has 2 aromatic carbocycles. The number of nitrogens with one attached hydrogen (secondary N) is 1. The third kappa shape index (κ3) is 3.84. The first-order valence-electron chi connectivity index (χ1n) is 7.20. The summed E-state index contributed by atoms with van der Waals surface area (Å²) in [5.41, 5.74) is 3.91. The van der Waals surface area contributed by atoms with E-state index in [2.05, 4.69) is 56.4 Å². The molecule has 2 heteroatoms. The maximum atomic E-state index is 6.05. The molecule has 0 radical (unpaired) electrons. The lowest BCUT2D eigenvalue weighted by molar-refractivity contribution is 0.494. The Balaban J connectivity index is 2.04. The SMILES string of the molecule is CCc1ccc(C(C)N[C@@H](C)c2cccc(Cl)c2)cc1. The minimum Gasteiger partial charge on any atom is -0.304 e. The Morgan fingerprint density at radius 1 is 0.950 bits per heavy atom. The Hall–Kier alpha value is -1.31. The quantitative estimate of drug-likeness (QED) is 0.785. The highest BCUT2D eigenvalue weighted by Gasteiger charge is 2.11. The molecule has 106 valence electrons. The predicted octanol–water partition coefficient (Wildman–Crippen LogP) is 5.31. The number of hydrogen-bond donors (Lipinski definition) is 1. The standard InChI is InChI=1S/C18H22ClN/c1-4-15-8-10-16(11-9-15)13(2)20-14(3)17-6-5-7-18(19)12-17/h5-14,20H,4H2,1-3H3/t13?,14-/m0/s1. The van der Waals surface area contributed by atoms with Crippen LogP contribution in [0.4, 0.5) is 0 Å². The van der Waals surface area contributed by atoms with E-state index in [1.165, 1.54) is 16.7 Å². The molecule has 0 spiro atoms. The van der Waals surface area contributed by atoms with Gasteiger partial charge in [0.15, 0.2) is 0 Å². The van der Waals surface area contributed by atoms with E-state index in [9.17, 15) is 0 Å². The van der Waals surface area contributed by atoms with Crippen LogP contribution in [0, 0.1) is 0 Å². The van der Waals surface area contributed by atoms with Gasteiger partial charge in [-0.2, -0.15) is 0 Å². The van der Waals surface area contributed by atoms with E-state index >= 15 is 0 Å². The summed E-state index contributed by atoms with van der Waals surface area (Å²) >= 11 is 6.05. The minimum atomic E-state index is 0.273. The number of benzene rings is 2. The molecule has 0 fully saturated rings. The molecule has 0 aliphatic carbocycles. The van der Waals surface area contributed by atoms with Crippen LogP contribution in [0.1, 0.15) is 49.5 Å². The van der Waals surface area contributed by atoms with Gasteiger partial charge in [0.05, 0.1) is 0 Å². The Kier molecular flexibility index (Phi) is 5.22. The van der Waals surface area contributed by atoms with E-state index in [-0.39, 0.29) is 6.04 Å². The Morgan fingerprint density at radius 3 is 2.20 bits per heavy atom.